The third kappa shape index (κ3) is 5.01. The summed E-state index contributed by atoms with van der Waals surface area (Å²) in [6.45, 7) is 4.26. The van der Waals surface area contributed by atoms with Gasteiger partial charge in [0.1, 0.15) is 5.75 Å². The molecule has 156 valence electrons. The number of sulfonamides is 1. The van der Waals surface area contributed by atoms with Crippen LogP contribution in [0.25, 0.3) is 0 Å². The minimum atomic E-state index is -3.59. The lowest BCUT2D eigenvalue weighted by Crippen LogP contribution is -2.44. The van der Waals surface area contributed by atoms with Crippen LogP contribution in [0.3, 0.4) is 0 Å². The van der Waals surface area contributed by atoms with Crippen molar-refractivity contribution in [3.63, 3.8) is 0 Å². The number of benzene rings is 1. The van der Waals surface area contributed by atoms with Crippen molar-refractivity contribution in [2.45, 2.75) is 31.6 Å². The van der Waals surface area contributed by atoms with E-state index in [1.165, 1.54) is 23.5 Å². The lowest BCUT2D eigenvalue weighted by atomic mass is 9.98. The molecule has 0 aliphatic carbocycles. The zero-order valence-electron chi connectivity index (χ0n) is 16.7. The van der Waals surface area contributed by atoms with Crippen molar-refractivity contribution in [1.29, 1.82) is 0 Å². The van der Waals surface area contributed by atoms with Gasteiger partial charge in [0.15, 0.2) is 0 Å². The minimum Gasteiger partial charge on any atom is -0.497 e. The average Bonchev–Trinajstić information content (AvgIpc) is 2.71. The van der Waals surface area contributed by atoms with Gasteiger partial charge in [-0.1, -0.05) is 0 Å². The van der Waals surface area contributed by atoms with E-state index in [1.807, 2.05) is 19.9 Å². The Balaban J connectivity index is 1.55. The van der Waals surface area contributed by atoms with E-state index >= 15 is 0 Å². The maximum absolute atomic E-state index is 12.8. The molecule has 0 bridgehead atoms. The maximum atomic E-state index is 12.8. The van der Waals surface area contributed by atoms with Crippen molar-refractivity contribution in [2.24, 2.45) is 5.92 Å². The van der Waals surface area contributed by atoms with Crippen LogP contribution < -0.4 is 15.6 Å². The highest BCUT2D eigenvalue weighted by Gasteiger charge is 2.32. The second kappa shape index (κ2) is 8.75. The molecule has 0 radical (unpaired) electrons. The molecule has 1 aliphatic rings. The Kier molecular flexibility index (Phi) is 6.33. The molecule has 1 aliphatic heterocycles. The summed E-state index contributed by atoms with van der Waals surface area (Å²) >= 11 is 0. The highest BCUT2D eigenvalue weighted by molar-refractivity contribution is 7.89. The molecule has 1 aromatic heterocycles. The van der Waals surface area contributed by atoms with Crippen molar-refractivity contribution in [1.82, 2.24) is 19.7 Å². The standard InChI is InChI=1S/C19H25N5O4S/c1-13-12-14(2)21-19(20-13)23-22-18(25)15-8-10-24(11-9-15)29(26,27)17-6-4-16(28-3)5-7-17/h4-7,12,15H,8-11H2,1-3H3,(H,22,25)(H,20,21,23). The maximum Gasteiger partial charge on any atom is 0.243 e. The number of aryl methyl sites for hydroxylation is 2. The molecule has 0 atom stereocenters. The van der Waals surface area contributed by atoms with E-state index in [4.69, 9.17) is 4.74 Å². The Labute approximate surface area is 170 Å². The van der Waals surface area contributed by atoms with Crippen LogP contribution in [-0.2, 0) is 14.8 Å². The third-order valence-electron chi connectivity index (χ3n) is 4.80. The number of carbonyl (C=O) groups is 1. The molecular formula is C19H25N5O4S. The number of rotatable bonds is 6. The number of nitrogens with zero attached hydrogens (tertiary/aromatic N) is 3. The van der Waals surface area contributed by atoms with Crippen molar-refractivity contribution in [2.75, 3.05) is 25.6 Å². The number of amides is 1. The first-order valence-electron chi connectivity index (χ1n) is 9.32. The summed E-state index contributed by atoms with van der Waals surface area (Å²) in [5.74, 6) is 0.444. The molecule has 29 heavy (non-hydrogen) atoms. The molecule has 1 amide bonds. The largest absolute Gasteiger partial charge is 0.497 e. The van der Waals surface area contributed by atoms with E-state index in [2.05, 4.69) is 20.8 Å². The first-order chi connectivity index (χ1) is 13.8. The van der Waals surface area contributed by atoms with Gasteiger partial charge in [0.05, 0.1) is 12.0 Å². The number of hydrogen-bond donors (Lipinski definition) is 2. The van der Waals surface area contributed by atoms with Gasteiger partial charge < -0.3 is 4.74 Å². The lowest BCUT2D eigenvalue weighted by Gasteiger charge is -2.30. The third-order valence-corrected chi connectivity index (χ3v) is 6.71. The smallest absolute Gasteiger partial charge is 0.243 e. The van der Waals surface area contributed by atoms with Gasteiger partial charge in [0.2, 0.25) is 21.9 Å². The first kappa shape index (κ1) is 21.0. The highest BCUT2D eigenvalue weighted by atomic mass is 32.2. The van der Waals surface area contributed by atoms with E-state index in [-0.39, 0.29) is 29.8 Å². The number of hydrazine groups is 1. The van der Waals surface area contributed by atoms with E-state index in [1.54, 1.807) is 12.1 Å². The molecule has 2 N–H and O–H groups in total. The molecule has 2 aromatic rings. The van der Waals surface area contributed by atoms with E-state index < -0.39 is 10.0 Å². The molecule has 0 unspecified atom stereocenters. The molecule has 10 heteroatoms. The zero-order valence-corrected chi connectivity index (χ0v) is 17.5. The zero-order chi connectivity index (χ0) is 21.0. The van der Waals surface area contributed by atoms with Gasteiger partial charge >= 0.3 is 0 Å². The summed E-state index contributed by atoms with van der Waals surface area (Å²) in [7, 11) is -2.06. The number of ether oxygens (including phenoxy) is 1. The Morgan fingerprint density at radius 1 is 1.10 bits per heavy atom. The van der Waals surface area contributed by atoms with Crippen LogP contribution in [0.15, 0.2) is 35.2 Å². The van der Waals surface area contributed by atoms with Gasteiger partial charge in [-0.2, -0.15) is 4.31 Å². The molecule has 9 nitrogen and oxygen atoms in total. The predicted molar refractivity (Wildman–Crippen MR) is 108 cm³/mol. The molecule has 1 aromatic carbocycles. The van der Waals surface area contributed by atoms with Crippen molar-refractivity contribution in [3.05, 3.63) is 41.7 Å². The molecule has 1 saturated heterocycles. The number of nitrogens with one attached hydrogen (secondary N) is 2. The van der Waals surface area contributed by atoms with Gasteiger partial charge in [-0.3, -0.25) is 15.6 Å². The van der Waals surface area contributed by atoms with Crippen LogP contribution in [-0.4, -0.2) is 48.8 Å². The van der Waals surface area contributed by atoms with E-state index in [0.717, 1.165) is 11.4 Å². The summed E-state index contributed by atoms with van der Waals surface area (Å²) in [6, 6.07) is 8.13. The average molecular weight is 420 g/mol. The summed E-state index contributed by atoms with van der Waals surface area (Å²) in [6.07, 6.45) is 0.882. The van der Waals surface area contributed by atoms with Gasteiger partial charge in [-0.15, -0.1) is 0 Å². The molecule has 0 saturated carbocycles. The molecule has 2 heterocycles. The lowest BCUT2D eigenvalue weighted by molar-refractivity contribution is -0.125. The van der Waals surface area contributed by atoms with Gasteiger partial charge in [-0.25, -0.2) is 18.4 Å². The van der Waals surface area contributed by atoms with Crippen molar-refractivity contribution >= 4 is 21.9 Å². The fraction of sp³-hybridized carbons (Fsp3) is 0.421. The highest BCUT2D eigenvalue weighted by Crippen LogP contribution is 2.25. The summed E-state index contributed by atoms with van der Waals surface area (Å²) in [5.41, 5.74) is 6.96. The summed E-state index contributed by atoms with van der Waals surface area (Å²) < 4.78 is 32.1. The van der Waals surface area contributed by atoms with Crippen molar-refractivity contribution < 1.29 is 17.9 Å². The number of anilines is 1. The Morgan fingerprint density at radius 2 is 1.69 bits per heavy atom. The first-order valence-corrected chi connectivity index (χ1v) is 10.8. The minimum absolute atomic E-state index is 0.200. The fourth-order valence-electron chi connectivity index (χ4n) is 3.26. The normalized spacial score (nSPS) is 15.7. The second-order valence-corrected chi connectivity index (χ2v) is 8.88. The van der Waals surface area contributed by atoms with Crippen LogP contribution in [0.4, 0.5) is 5.95 Å². The number of hydrogen-bond acceptors (Lipinski definition) is 7. The topological polar surface area (TPSA) is 114 Å². The molecule has 3 rings (SSSR count). The molecular weight excluding hydrogens is 394 g/mol. The van der Waals surface area contributed by atoms with Crippen LogP contribution in [0.2, 0.25) is 0 Å². The quantitative estimate of drug-likeness (QED) is 0.684. The monoisotopic (exact) mass is 419 g/mol. The van der Waals surface area contributed by atoms with Crippen LogP contribution in [0, 0.1) is 19.8 Å². The fourth-order valence-corrected chi connectivity index (χ4v) is 4.73. The summed E-state index contributed by atoms with van der Waals surface area (Å²) in [4.78, 5) is 21.1. The van der Waals surface area contributed by atoms with Gasteiger partial charge in [0, 0.05) is 30.4 Å². The number of piperidine rings is 1. The van der Waals surface area contributed by atoms with Crippen molar-refractivity contribution in [3.8, 4) is 5.75 Å². The second-order valence-electron chi connectivity index (χ2n) is 6.94. The van der Waals surface area contributed by atoms with E-state index in [0.29, 0.717) is 24.5 Å². The van der Waals surface area contributed by atoms with Gasteiger partial charge in [0.25, 0.3) is 0 Å². The number of methoxy groups -OCH3 is 1. The Morgan fingerprint density at radius 3 is 2.24 bits per heavy atom. The Bertz CT molecular complexity index is 950. The number of carbonyl (C=O) groups excluding carboxylic acids is 1. The predicted octanol–water partition coefficient (Wildman–Crippen LogP) is 1.65. The van der Waals surface area contributed by atoms with Crippen LogP contribution in [0.5, 0.6) is 5.75 Å². The van der Waals surface area contributed by atoms with Gasteiger partial charge in [-0.05, 0) is 57.0 Å². The van der Waals surface area contributed by atoms with Crippen LogP contribution in [0.1, 0.15) is 24.2 Å². The summed E-state index contributed by atoms with van der Waals surface area (Å²) in [5, 5.41) is 0. The SMILES string of the molecule is COc1ccc(S(=O)(=O)N2CCC(C(=O)NNc3nc(C)cc(C)n3)CC2)cc1. The van der Waals surface area contributed by atoms with Crippen LogP contribution >= 0.6 is 0 Å². The molecule has 0 spiro atoms. The molecule has 1 fully saturated rings. The number of aromatic nitrogens is 2. The Hall–Kier alpha value is -2.72. The van der Waals surface area contributed by atoms with E-state index in [9.17, 15) is 13.2 Å².